The molecule has 0 aromatic heterocycles. The normalized spacial score (nSPS) is 11.8. The molecule has 1 amide bonds. The Bertz CT molecular complexity index is 301. The third-order valence-corrected chi connectivity index (χ3v) is 2.18. The Morgan fingerprint density at radius 3 is 2.22 bits per heavy atom. The molecule has 6 nitrogen and oxygen atoms in total. The van der Waals surface area contributed by atoms with Crippen molar-refractivity contribution >= 4 is 17.8 Å². The molecule has 0 aliphatic carbocycles. The van der Waals surface area contributed by atoms with Gasteiger partial charge in [0, 0.05) is 25.3 Å². The molecule has 0 aliphatic rings. The summed E-state index contributed by atoms with van der Waals surface area (Å²) in [5.74, 6) is -1.08. The molecule has 0 saturated carbocycles. The molecule has 0 rings (SSSR count). The molecule has 0 aromatic carbocycles. The summed E-state index contributed by atoms with van der Waals surface area (Å²) in [5.41, 5.74) is 0. The second kappa shape index (κ2) is 8.49. The van der Waals surface area contributed by atoms with Gasteiger partial charge in [0.2, 0.25) is 12.7 Å². The van der Waals surface area contributed by atoms with Crippen LogP contribution in [0.5, 0.6) is 0 Å². The van der Waals surface area contributed by atoms with Crippen LogP contribution in [0.2, 0.25) is 0 Å². The minimum Gasteiger partial charge on any atom is -0.428 e. The van der Waals surface area contributed by atoms with E-state index in [0.29, 0.717) is 6.42 Å². The standard InChI is InChI=1S/C12H21NO5/c1-8(2)12(16)13-9(3)5-6-11(15)18-7-17-10(4)14/h8-9H,5-7H2,1-4H3,(H,13,16). The van der Waals surface area contributed by atoms with Gasteiger partial charge in [-0.2, -0.15) is 0 Å². The SMILES string of the molecule is CC(=O)OCOC(=O)CCC(C)NC(=O)C(C)C. The summed E-state index contributed by atoms with van der Waals surface area (Å²) in [6, 6.07) is -0.0961. The van der Waals surface area contributed by atoms with Crippen molar-refractivity contribution in [3.05, 3.63) is 0 Å². The number of rotatable bonds is 7. The first-order chi connectivity index (χ1) is 8.32. The van der Waals surface area contributed by atoms with E-state index >= 15 is 0 Å². The molecule has 0 aliphatic heterocycles. The predicted octanol–water partition coefficient (Wildman–Crippen LogP) is 0.991. The van der Waals surface area contributed by atoms with Gasteiger partial charge in [-0.05, 0) is 13.3 Å². The molecule has 1 unspecified atom stereocenters. The smallest absolute Gasteiger partial charge is 0.308 e. The van der Waals surface area contributed by atoms with Gasteiger partial charge in [0.05, 0.1) is 0 Å². The molecule has 104 valence electrons. The van der Waals surface area contributed by atoms with Crippen molar-refractivity contribution in [1.82, 2.24) is 5.32 Å². The number of nitrogens with one attached hydrogen (secondary N) is 1. The molecule has 0 saturated heterocycles. The molecule has 1 N–H and O–H groups in total. The Morgan fingerprint density at radius 2 is 1.72 bits per heavy atom. The molecule has 18 heavy (non-hydrogen) atoms. The first kappa shape index (κ1) is 16.4. The van der Waals surface area contributed by atoms with Crippen molar-refractivity contribution < 1.29 is 23.9 Å². The highest BCUT2D eigenvalue weighted by Crippen LogP contribution is 2.01. The van der Waals surface area contributed by atoms with Crippen LogP contribution < -0.4 is 5.32 Å². The van der Waals surface area contributed by atoms with Gasteiger partial charge >= 0.3 is 11.9 Å². The zero-order chi connectivity index (χ0) is 14.1. The Balaban J connectivity index is 3.71. The minimum absolute atomic E-state index is 0.0456. The molecular formula is C12H21NO5. The van der Waals surface area contributed by atoms with Crippen LogP contribution in [0.3, 0.4) is 0 Å². The Hall–Kier alpha value is -1.59. The highest BCUT2D eigenvalue weighted by atomic mass is 16.7. The minimum atomic E-state index is -0.500. The highest BCUT2D eigenvalue weighted by Gasteiger charge is 2.12. The molecule has 0 heterocycles. The molecule has 0 radical (unpaired) electrons. The van der Waals surface area contributed by atoms with Crippen molar-refractivity contribution in [1.29, 1.82) is 0 Å². The molecule has 6 heteroatoms. The van der Waals surface area contributed by atoms with Crippen LogP contribution in [0.4, 0.5) is 0 Å². The van der Waals surface area contributed by atoms with E-state index in [-0.39, 0.29) is 31.1 Å². The monoisotopic (exact) mass is 259 g/mol. The van der Waals surface area contributed by atoms with Gasteiger partial charge in [0.25, 0.3) is 0 Å². The van der Waals surface area contributed by atoms with Crippen LogP contribution in [0, 0.1) is 5.92 Å². The van der Waals surface area contributed by atoms with E-state index in [2.05, 4.69) is 14.8 Å². The van der Waals surface area contributed by atoms with Gasteiger partial charge in [-0.25, -0.2) is 0 Å². The lowest BCUT2D eigenvalue weighted by molar-refractivity contribution is -0.165. The Labute approximate surface area is 107 Å². The molecular weight excluding hydrogens is 238 g/mol. The van der Waals surface area contributed by atoms with Gasteiger partial charge in [-0.15, -0.1) is 0 Å². The van der Waals surface area contributed by atoms with Crippen molar-refractivity contribution in [2.45, 2.75) is 46.6 Å². The van der Waals surface area contributed by atoms with Crippen molar-refractivity contribution in [3.8, 4) is 0 Å². The Kier molecular flexibility index (Phi) is 7.74. The van der Waals surface area contributed by atoms with Crippen molar-refractivity contribution in [3.63, 3.8) is 0 Å². The summed E-state index contributed by atoms with van der Waals surface area (Å²) < 4.78 is 9.12. The number of amides is 1. The first-order valence-corrected chi connectivity index (χ1v) is 5.92. The number of hydrogen-bond acceptors (Lipinski definition) is 5. The summed E-state index contributed by atoms with van der Waals surface area (Å²) in [7, 11) is 0. The van der Waals surface area contributed by atoms with Crippen molar-refractivity contribution in [2.75, 3.05) is 6.79 Å². The van der Waals surface area contributed by atoms with Crippen LogP contribution in [0.15, 0.2) is 0 Å². The summed E-state index contributed by atoms with van der Waals surface area (Å²) in [5, 5.41) is 2.78. The molecule has 0 aromatic rings. The number of esters is 2. The van der Waals surface area contributed by atoms with Crippen LogP contribution in [0.25, 0.3) is 0 Å². The highest BCUT2D eigenvalue weighted by molar-refractivity contribution is 5.78. The molecule has 1 atom stereocenters. The average molecular weight is 259 g/mol. The molecule has 0 bridgehead atoms. The lowest BCUT2D eigenvalue weighted by Gasteiger charge is -2.15. The first-order valence-electron chi connectivity index (χ1n) is 5.92. The van der Waals surface area contributed by atoms with E-state index in [1.807, 2.05) is 6.92 Å². The fourth-order valence-electron chi connectivity index (χ4n) is 1.07. The number of carbonyl (C=O) groups excluding carboxylic acids is 3. The number of ether oxygens (including phenoxy) is 2. The van der Waals surface area contributed by atoms with Gasteiger partial charge in [-0.3, -0.25) is 14.4 Å². The fraction of sp³-hybridized carbons (Fsp3) is 0.750. The van der Waals surface area contributed by atoms with E-state index < -0.39 is 11.9 Å². The van der Waals surface area contributed by atoms with Gasteiger partial charge < -0.3 is 14.8 Å². The largest absolute Gasteiger partial charge is 0.428 e. The third-order valence-electron chi connectivity index (χ3n) is 2.18. The lowest BCUT2D eigenvalue weighted by atomic mass is 10.1. The maximum Gasteiger partial charge on any atom is 0.308 e. The molecule has 0 spiro atoms. The maximum absolute atomic E-state index is 11.4. The topological polar surface area (TPSA) is 81.7 Å². The van der Waals surface area contributed by atoms with E-state index in [9.17, 15) is 14.4 Å². The van der Waals surface area contributed by atoms with Crippen molar-refractivity contribution in [2.24, 2.45) is 5.92 Å². The number of carbonyl (C=O) groups is 3. The van der Waals surface area contributed by atoms with Gasteiger partial charge in [-0.1, -0.05) is 13.8 Å². The third kappa shape index (κ3) is 8.55. The second-order valence-electron chi connectivity index (χ2n) is 4.37. The predicted molar refractivity (Wildman–Crippen MR) is 64.4 cm³/mol. The summed E-state index contributed by atoms with van der Waals surface area (Å²) >= 11 is 0. The van der Waals surface area contributed by atoms with Crippen LogP contribution in [-0.4, -0.2) is 30.7 Å². The van der Waals surface area contributed by atoms with E-state index in [0.717, 1.165) is 0 Å². The average Bonchev–Trinajstić information content (AvgIpc) is 2.25. The summed E-state index contributed by atoms with van der Waals surface area (Å²) in [4.78, 5) is 33.0. The van der Waals surface area contributed by atoms with Crippen LogP contribution >= 0.6 is 0 Å². The Morgan fingerprint density at radius 1 is 1.11 bits per heavy atom. The second-order valence-corrected chi connectivity index (χ2v) is 4.37. The quantitative estimate of drug-likeness (QED) is 0.544. The lowest BCUT2D eigenvalue weighted by Crippen LogP contribution is -2.35. The zero-order valence-corrected chi connectivity index (χ0v) is 11.3. The fourth-order valence-corrected chi connectivity index (χ4v) is 1.07. The van der Waals surface area contributed by atoms with Crippen LogP contribution in [-0.2, 0) is 23.9 Å². The number of hydrogen-bond donors (Lipinski definition) is 1. The van der Waals surface area contributed by atoms with Gasteiger partial charge in [0.1, 0.15) is 0 Å². The summed E-state index contributed by atoms with van der Waals surface area (Å²) in [6.45, 7) is 6.29. The van der Waals surface area contributed by atoms with E-state index in [4.69, 9.17) is 0 Å². The maximum atomic E-state index is 11.4. The van der Waals surface area contributed by atoms with Gasteiger partial charge in [0.15, 0.2) is 0 Å². The molecule has 0 fully saturated rings. The van der Waals surface area contributed by atoms with Crippen LogP contribution in [0.1, 0.15) is 40.5 Å². The zero-order valence-electron chi connectivity index (χ0n) is 11.3. The van der Waals surface area contributed by atoms with E-state index in [1.54, 1.807) is 13.8 Å². The summed E-state index contributed by atoms with van der Waals surface area (Å²) in [6.07, 6.45) is 0.651. The van der Waals surface area contributed by atoms with E-state index in [1.165, 1.54) is 6.92 Å².